The number of esters is 1. The number of carbonyl (C=O) groups is 1. The lowest BCUT2D eigenvalue weighted by molar-refractivity contribution is -0.847. The molecule has 0 heterocycles. The SMILES string of the molecule is CO[NH2+]/C(=C\C(=C/CNC(CC(C)C)C(=O)OC)Nc1cccc(F)c1)Sc1ccc(OC)cc1. The summed E-state index contributed by atoms with van der Waals surface area (Å²) >= 11 is 1.51. The lowest BCUT2D eigenvalue weighted by atomic mass is 10.0. The van der Waals surface area contributed by atoms with E-state index in [2.05, 4.69) is 24.5 Å². The molecule has 7 nitrogen and oxygen atoms in total. The number of rotatable bonds is 14. The molecule has 0 saturated heterocycles. The maximum atomic E-state index is 13.8. The van der Waals surface area contributed by atoms with Gasteiger partial charge in [-0.3, -0.25) is 4.79 Å². The molecular formula is C26H35FN3O4S+. The van der Waals surface area contributed by atoms with Crippen molar-refractivity contribution < 1.29 is 29.0 Å². The minimum absolute atomic E-state index is 0.300. The van der Waals surface area contributed by atoms with Crippen LogP contribution in [0.2, 0.25) is 0 Å². The highest BCUT2D eigenvalue weighted by molar-refractivity contribution is 8.02. The summed E-state index contributed by atoms with van der Waals surface area (Å²) in [5.41, 5.74) is 2.95. The molecule has 2 rings (SSSR count). The van der Waals surface area contributed by atoms with Crippen molar-refractivity contribution in [1.82, 2.24) is 5.32 Å². The number of carbonyl (C=O) groups excluding carboxylic acids is 1. The first-order chi connectivity index (χ1) is 16.8. The van der Waals surface area contributed by atoms with Crippen LogP contribution in [0.5, 0.6) is 5.75 Å². The third-order valence-corrected chi connectivity index (χ3v) is 5.78. The van der Waals surface area contributed by atoms with E-state index in [-0.39, 0.29) is 11.8 Å². The molecule has 0 saturated carbocycles. The number of allylic oxidation sites excluding steroid dienone is 1. The number of ether oxygens (including phenoxy) is 2. The summed E-state index contributed by atoms with van der Waals surface area (Å²) in [6.45, 7) is 4.50. The fourth-order valence-electron chi connectivity index (χ4n) is 3.20. The second kappa shape index (κ2) is 15.2. The van der Waals surface area contributed by atoms with E-state index in [1.54, 1.807) is 31.8 Å². The summed E-state index contributed by atoms with van der Waals surface area (Å²) in [6, 6.07) is 13.5. The van der Waals surface area contributed by atoms with E-state index >= 15 is 0 Å². The number of benzene rings is 2. The predicted octanol–water partition coefficient (Wildman–Crippen LogP) is 4.07. The van der Waals surface area contributed by atoms with Crippen LogP contribution in [0, 0.1) is 11.7 Å². The minimum Gasteiger partial charge on any atom is -0.497 e. The van der Waals surface area contributed by atoms with Crippen molar-refractivity contribution in [2.45, 2.75) is 31.2 Å². The van der Waals surface area contributed by atoms with E-state index in [1.807, 2.05) is 36.4 Å². The normalized spacial score (nSPS) is 13.0. The van der Waals surface area contributed by atoms with Gasteiger partial charge in [0.1, 0.15) is 17.6 Å². The van der Waals surface area contributed by atoms with Crippen molar-refractivity contribution >= 4 is 23.4 Å². The quantitative estimate of drug-likeness (QED) is 0.155. The molecule has 0 bridgehead atoms. The highest BCUT2D eigenvalue weighted by atomic mass is 32.2. The van der Waals surface area contributed by atoms with Crippen molar-refractivity contribution in [2.75, 3.05) is 33.2 Å². The molecule has 2 aromatic rings. The molecule has 0 fully saturated rings. The fraction of sp³-hybridized carbons (Fsp3) is 0.346. The summed E-state index contributed by atoms with van der Waals surface area (Å²) in [5, 5.41) is 7.31. The summed E-state index contributed by atoms with van der Waals surface area (Å²) in [5.74, 6) is 0.460. The number of halogens is 1. The van der Waals surface area contributed by atoms with Crippen LogP contribution >= 0.6 is 11.8 Å². The van der Waals surface area contributed by atoms with Gasteiger partial charge in [-0.1, -0.05) is 19.9 Å². The van der Waals surface area contributed by atoms with Gasteiger partial charge in [-0.15, -0.1) is 0 Å². The number of nitrogens with one attached hydrogen (secondary N) is 2. The summed E-state index contributed by atoms with van der Waals surface area (Å²) < 4.78 is 23.9. The first-order valence-electron chi connectivity index (χ1n) is 11.3. The Balaban J connectivity index is 2.28. The van der Waals surface area contributed by atoms with Gasteiger partial charge in [-0.25, -0.2) is 9.23 Å². The summed E-state index contributed by atoms with van der Waals surface area (Å²) in [4.78, 5) is 18.4. The van der Waals surface area contributed by atoms with Crippen molar-refractivity contribution in [2.24, 2.45) is 5.92 Å². The summed E-state index contributed by atoms with van der Waals surface area (Å²) in [6.07, 6.45) is 4.46. The zero-order valence-electron chi connectivity index (χ0n) is 20.8. The molecular weight excluding hydrogens is 469 g/mol. The Bertz CT molecular complexity index is 996. The van der Waals surface area contributed by atoms with Crippen LogP contribution in [0.4, 0.5) is 10.1 Å². The van der Waals surface area contributed by atoms with Gasteiger partial charge < -0.3 is 20.1 Å². The lowest BCUT2D eigenvalue weighted by Crippen LogP contribution is -2.79. The molecule has 0 spiro atoms. The van der Waals surface area contributed by atoms with Crippen LogP contribution in [0.15, 0.2) is 76.3 Å². The number of thioether (sulfide) groups is 1. The third kappa shape index (κ3) is 10.5. The average Bonchev–Trinajstić information content (AvgIpc) is 2.83. The van der Waals surface area contributed by atoms with Crippen LogP contribution in [0.1, 0.15) is 20.3 Å². The van der Waals surface area contributed by atoms with Crippen molar-refractivity contribution in [1.29, 1.82) is 0 Å². The first kappa shape index (κ1) is 28.4. The number of anilines is 1. The second-order valence-corrected chi connectivity index (χ2v) is 9.23. The largest absolute Gasteiger partial charge is 0.497 e. The van der Waals surface area contributed by atoms with Gasteiger partial charge in [0.05, 0.1) is 21.3 Å². The van der Waals surface area contributed by atoms with E-state index in [4.69, 9.17) is 14.3 Å². The van der Waals surface area contributed by atoms with Crippen molar-refractivity contribution in [3.8, 4) is 5.75 Å². The maximum absolute atomic E-state index is 13.8. The highest BCUT2D eigenvalue weighted by Crippen LogP contribution is 2.26. The van der Waals surface area contributed by atoms with Crippen LogP contribution in [0.25, 0.3) is 0 Å². The Kier molecular flexibility index (Phi) is 12.3. The molecule has 1 unspecified atom stereocenters. The number of hydroxylamine groups is 1. The Morgan fingerprint density at radius 3 is 2.49 bits per heavy atom. The van der Waals surface area contributed by atoms with Crippen LogP contribution < -0.4 is 20.9 Å². The molecule has 190 valence electrons. The van der Waals surface area contributed by atoms with Crippen molar-refractivity contribution in [3.05, 3.63) is 77.2 Å². The average molecular weight is 505 g/mol. The van der Waals surface area contributed by atoms with Crippen LogP contribution in [0.3, 0.4) is 0 Å². The van der Waals surface area contributed by atoms with Gasteiger partial charge in [-0.2, -0.15) is 5.48 Å². The monoisotopic (exact) mass is 504 g/mol. The van der Waals surface area contributed by atoms with Gasteiger partial charge in [0.15, 0.2) is 0 Å². The first-order valence-corrected chi connectivity index (χ1v) is 12.1. The number of quaternary nitrogens is 1. The second-order valence-electron chi connectivity index (χ2n) is 8.09. The van der Waals surface area contributed by atoms with Crippen molar-refractivity contribution in [3.63, 3.8) is 0 Å². The molecule has 9 heteroatoms. The molecule has 0 aliphatic carbocycles. The predicted molar refractivity (Wildman–Crippen MR) is 137 cm³/mol. The minimum atomic E-state index is -0.422. The van der Waals surface area contributed by atoms with E-state index in [9.17, 15) is 9.18 Å². The number of hydrogen-bond donors (Lipinski definition) is 3. The van der Waals surface area contributed by atoms with Gasteiger partial charge in [-0.05, 0) is 72.6 Å². The molecule has 0 aliphatic heterocycles. The Hall–Kier alpha value is -2.85. The van der Waals surface area contributed by atoms with Gasteiger partial charge in [0, 0.05) is 28.9 Å². The summed E-state index contributed by atoms with van der Waals surface area (Å²) in [7, 11) is 4.59. The fourth-order valence-corrected chi connectivity index (χ4v) is 4.08. The van der Waals surface area contributed by atoms with E-state index in [0.717, 1.165) is 15.7 Å². The molecule has 35 heavy (non-hydrogen) atoms. The molecule has 0 aromatic heterocycles. The zero-order valence-corrected chi connectivity index (χ0v) is 21.7. The number of hydrogen-bond acceptors (Lipinski definition) is 7. The Morgan fingerprint density at radius 1 is 1.14 bits per heavy atom. The van der Waals surface area contributed by atoms with Crippen LogP contribution in [-0.4, -0.2) is 39.9 Å². The van der Waals surface area contributed by atoms with E-state index in [1.165, 1.54) is 31.0 Å². The molecule has 1 atom stereocenters. The number of methoxy groups -OCH3 is 2. The maximum Gasteiger partial charge on any atom is 0.322 e. The number of nitrogens with two attached hydrogens (primary N) is 1. The standard InChI is InChI=1S/C26H34FN3O4S/c1-18(2)15-24(26(31)33-4)28-14-13-21(29-20-8-6-7-19(27)16-20)17-25(30-34-5)35-23-11-9-22(32-3)10-12-23/h6-13,16-18,24,28-30H,14-15H2,1-5H3/p+1/b21-13+,25-17+. The van der Waals surface area contributed by atoms with Crippen LogP contribution in [-0.2, 0) is 14.4 Å². The van der Waals surface area contributed by atoms with Gasteiger partial charge in [0.25, 0.3) is 0 Å². The molecule has 0 aliphatic rings. The zero-order chi connectivity index (χ0) is 25.6. The van der Waals surface area contributed by atoms with Gasteiger partial charge >= 0.3 is 5.97 Å². The third-order valence-electron chi connectivity index (χ3n) is 4.82. The molecule has 2 aromatic carbocycles. The molecule has 4 N–H and O–H groups in total. The Labute approximate surface area is 211 Å². The highest BCUT2D eigenvalue weighted by Gasteiger charge is 2.19. The van der Waals surface area contributed by atoms with E-state index in [0.29, 0.717) is 30.3 Å². The van der Waals surface area contributed by atoms with E-state index < -0.39 is 6.04 Å². The molecule has 0 amide bonds. The van der Waals surface area contributed by atoms with Gasteiger partial charge in [0.2, 0.25) is 5.03 Å². The smallest absolute Gasteiger partial charge is 0.322 e. The molecule has 0 radical (unpaired) electrons. The topological polar surface area (TPSA) is 85.4 Å². The lowest BCUT2D eigenvalue weighted by Gasteiger charge is -2.18. The Morgan fingerprint density at radius 2 is 1.89 bits per heavy atom.